The van der Waals surface area contributed by atoms with Crippen molar-refractivity contribution in [3.8, 4) is 0 Å². The highest BCUT2D eigenvalue weighted by atomic mass is 16.2. The second kappa shape index (κ2) is 6.69. The molecule has 1 atom stereocenters. The first-order valence-corrected chi connectivity index (χ1v) is 9.59. The zero-order valence-electron chi connectivity index (χ0n) is 16.9. The van der Waals surface area contributed by atoms with Crippen molar-refractivity contribution in [3.63, 3.8) is 0 Å². The van der Waals surface area contributed by atoms with Gasteiger partial charge in [0.1, 0.15) is 17.6 Å². The predicted octanol–water partition coefficient (Wildman–Crippen LogP) is 2.22. The fourth-order valence-electron chi connectivity index (χ4n) is 3.91. The largest absolute Gasteiger partial charge is 0.325 e. The van der Waals surface area contributed by atoms with Crippen molar-refractivity contribution in [3.05, 3.63) is 60.2 Å². The van der Waals surface area contributed by atoms with E-state index in [1.807, 2.05) is 6.07 Å². The molecule has 2 aromatic carbocycles. The highest BCUT2D eigenvalue weighted by Gasteiger charge is 2.51. The van der Waals surface area contributed by atoms with E-state index in [1.54, 1.807) is 69.3 Å². The second-order valence-electron chi connectivity index (χ2n) is 8.07. The lowest BCUT2D eigenvalue weighted by Gasteiger charge is -2.42. The summed E-state index contributed by atoms with van der Waals surface area (Å²) in [5.41, 5.74) is -0.800. The molecule has 0 radical (unpaired) electrons. The summed E-state index contributed by atoms with van der Waals surface area (Å²) in [4.78, 5) is 53.8. The number of rotatable bonds is 3. The van der Waals surface area contributed by atoms with Gasteiger partial charge in [0, 0.05) is 0 Å². The smallest absolute Gasteiger partial charge is 0.322 e. The molecule has 0 aromatic heterocycles. The summed E-state index contributed by atoms with van der Waals surface area (Å²) in [7, 11) is 0. The summed E-state index contributed by atoms with van der Waals surface area (Å²) in [6.07, 6.45) is 0. The molecule has 2 aliphatic heterocycles. The molecular formula is C22H22N4O4. The summed E-state index contributed by atoms with van der Waals surface area (Å²) in [6.45, 7) is 4.38. The molecule has 5 amide bonds. The number of fused-ring (bicyclic) bond motifs is 1. The number of para-hydroxylation sites is 2. The van der Waals surface area contributed by atoms with Crippen LogP contribution in [0.4, 0.5) is 16.2 Å². The Bertz CT molecular complexity index is 1070. The molecule has 0 bridgehead atoms. The highest BCUT2D eigenvalue weighted by molar-refractivity contribution is 6.16. The topological polar surface area (TPSA) is 98.8 Å². The molecule has 0 aliphatic carbocycles. The number of amides is 5. The molecular weight excluding hydrogens is 384 g/mol. The Labute approximate surface area is 173 Å². The van der Waals surface area contributed by atoms with E-state index < -0.39 is 35.5 Å². The third kappa shape index (κ3) is 2.83. The molecule has 0 spiro atoms. The number of carbonyl (C=O) groups is 4. The first-order valence-electron chi connectivity index (χ1n) is 9.59. The van der Waals surface area contributed by atoms with Gasteiger partial charge in [-0.15, -0.1) is 0 Å². The number of nitrogens with one attached hydrogen (secondary N) is 2. The number of carbonyl (C=O) groups excluding carboxylic acids is 4. The minimum absolute atomic E-state index is 0.346. The number of hydrogen-bond donors (Lipinski definition) is 2. The zero-order chi connectivity index (χ0) is 21.7. The van der Waals surface area contributed by atoms with Crippen LogP contribution < -0.4 is 15.5 Å². The van der Waals surface area contributed by atoms with E-state index in [0.717, 1.165) is 4.90 Å². The van der Waals surface area contributed by atoms with Gasteiger partial charge in [-0.2, -0.15) is 0 Å². The number of nitrogens with zero attached hydrogens (tertiary/aromatic N) is 2. The van der Waals surface area contributed by atoms with Crippen LogP contribution >= 0.6 is 0 Å². The van der Waals surface area contributed by atoms with Crippen molar-refractivity contribution in [1.29, 1.82) is 0 Å². The van der Waals surface area contributed by atoms with Crippen molar-refractivity contribution >= 4 is 35.1 Å². The molecule has 4 rings (SSSR count). The van der Waals surface area contributed by atoms with E-state index in [-0.39, 0.29) is 5.91 Å². The molecule has 1 saturated heterocycles. The van der Waals surface area contributed by atoms with Crippen LogP contribution in [-0.4, -0.2) is 40.7 Å². The van der Waals surface area contributed by atoms with E-state index in [0.29, 0.717) is 16.9 Å². The van der Waals surface area contributed by atoms with E-state index in [2.05, 4.69) is 10.6 Å². The molecule has 8 nitrogen and oxygen atoms in total. The Hall–Kier alpha value is -3.68. The van der Waals surface area contributed by atoms with Crippen LogP contribution in [0.25, 0.3) is 0 Å². The van der Waals surface area contributed by atoms with Gasteiger partial charge >= 0.3 is 6.03 Å². The van der Waals surface area contributed by atoms with E-state index in [4.69, 9.17) is 0 Å². The van der Waals surface area contributed by atoms with Crippen molar-refractivity contribution in [1.82, 2.24) is 10.2 Å². The first-order chi connectivity index (χ1) is 14.2. The third-order valence-corrected chi connectivity index (χ3v) is 5.68. The van der Waals surface area contributed by atoms with Gasteiger partial charge in [-0.05, 0) is 38.5 Å². The summed E-state index contributed by atoms with van der Waals surface area (Å²) >= 11 is 0. The van der Waals surface area contributed by atoms with Gasteiger partial charge in [-0.3, -0.25) is 24.2 Å². The van der Waals surface area contributed by atoms with Crippen LogP contribution in [0, 0.1) is 0 Å². The molecule has 2 aliphatic rings. The van der Waals surface area contributed by atoms with Gasteiger partial charge in [-0.1, -0.05) is 42.5 Å². The maximum absolute atomic E-state index is 13.3. The Morgan fingerprint density at radius 2 is 1.57 bits per heavy atom. The zero-order valence-corrected chi connectivity index (χ0v) is 16.9. The van der Waals surface area contributed by atoms with E-state index in [1.165, 1.54) is 4.90 Å². The molecule has 30 heavy (non-hydrogen) atoms. The lowest BCUT2D eigenvalue weighted by Crippen LogP contribution is -2.60. The average Bonchev–Trinajstić information content (AvgIpc) is 2.93. The highest BCUT2D eigenvalue weighted by Crippen LogP contribution is 2.37. The Balaban J connectivity index is 1.65. The number of hydrogen-bond acceptors (Lipinski definition) is 4. The lowest BCUT2D eigenvalue weighted by atomic mass is 9.92. The SMILES string of the molecule is CC1(c2ccccc2)NC(=O)N(CC(=O)N2c3ccccc3NC(=O)C2(C)C)C1=O. The van der Waals surface area contributed by atoms with Gasteiger partial charge in [0.05, 0.1) is 11.4 Å². The number of urea groups is 1. The number of anilines is 2. The molecule has 8 heteroatoms. The number of benzene rings is 2. The third-order valence-electron chi connectivity index (χ3n) is 5.68. The molecule has 0 saturated carbocycles. The number of imide groups is 1. The molecule has 1 fully saturated rings. The van der Waals surface area contributed by atoms with Crippen molar-refractivity contribution in [2.45, 2.75) is 31.8 Å². The molecule has 2 heterocycles. The molecule has 2 N–H and O–H groups in total. The summed E-state index contributed by atoms with van der Waals surface area (Å²) in [5, 5.41) is 5.48. The van der Waals surface area contributed by atoms with Gasteiger partial charge in [0.25, 0.3) is 5.91 Å². The molecule has 154 valence electrons. The van der Waals surface area contributed by atoms with Crippen LogP contribution in [0.15, 0.2) is 54.6 Å². The first kappa shape index (κ1) is 19.6. The average molecular weight is 406 g/mol. The van der Waals surface area contributed by atoms with Crippen molar-refractivity contribution in [2.24, 2.45) is 0 Å². The van der Waals surface area contributed by atoms with Crippen LogP contribution in [0.5, 0.6) is 0 Å². The Morgan fingerprint density at radius 1 is 0.933 bits per heavy atom. The van der Waals surface area contributed by atoms with Crippen LogP contribution in [0.2, 0.25) is 0 Å². The fourth-order valence-corrected chi connectivity index (χ4v) is 3.91. The monoisotopic (exact) mass is 406 g/mol. The summed E-state index contributed by atoms with van der Waals surface area (Å²) in [6, 6.07) is 15.1. The molecule has 1 unspecified atom stereocenters. The Morgan fingerprint density at radius 3 is 2.27 bits per heavy atom. The lowest BCUT2D eigenvalue weighted by molar-refractivity contribution is -0.134. The van der Waals surface area contributed by atoms with Crippen LogP contribution in [0.3, 0.4) is 0 Å². The van der Waals surface area contributed by atoms with Crippen LogP contribution in [-0.2, 0) is 19.9 Å². The Kier molecular flexibility index (Phi) is 4.38. The minimum atomic E-state index is -1.26. The van der Waals surface area contributed by atoms with Gasteiger partial charge in [-0.25, -0.2) is 4.79 Å². The maximum Gasteiger partial charge on any atom is 0.325 e. The van der Waals surface area contributed by atoms with E-state index >= 15 is 0 Å². The minimum Gasteiger partial charge on any atom is -0.322 e. The maximum atomic E-state index is 13.3. The van der Waals surface area contributed by atoms with Crippen molar-refractivity contribution in [2.75, 3.05) is 16.8 Å². The fraction of sp³-hybridized carbons (Fsp3) is 0.273. The van der Waals surface area contributed by atoms with Gasteiger partial charge in [0.2, 0.25) is 11.8 Å². The molecule has 2 aromatic rings. The van der Waals surface area contributed by atoms with E-state index in [9.17, 15) is 19.2 Å². The quantitative estimate of drug-likeness (QED) is 0.764. The van der Waals surface area contributed by atoms with Gasteiger partial charge < -0.3 is 10.6 Å². The standard InChI is InChI=1S/C22H22N4O4/c1-21(2)18(28)23-15-11-7-8-12-16(15)26(21)17(27)13-25-19(29)22(3,24-20(25)30)14-9-5-4-6-10-14/h4-12H,13H2,1-3H3,(H,23,28)(H,24,30). The second-order valence-corrected chi connectivity index (χ2v) is 8.07. The predicted molar refractivity (Wildman–Crippen MR) is 111 cm³/mol. The summed E-state index contributed by atoms with van der Waals surface area (Å²) in [5.74, 6) is -1.39. The van der Waals surface area contributed by atoms with Crippen LogP contribution in [0.1, 0.15) is 26.3 Å². The normalized spacial score (nSPS) is 22.4. The van der Waals surface area contributed by atoms with Gasteiger partial charge in [0.15, 0.2) is 0 Å². The summed E-state index contributed by atoms with van der Waals surface area (Å²) < 4.78 is 0. The van der Waals surface area contributed by atoms with Crippen molar-refractivity contribution < 1.29 is 19.2 Å².